The maximum absolute atomic E-state index is 3.89. The van der Waals surface area contributed by atoms with Gasteiger partial charge < -0.3 is 0 Å². The van der Waals surface area contributed by atoms with Crippen molar-refractivity contribution in [3.05, 3.63) is 18.6 Å². The van der Waals surface area contributed by atoms with E-state index < -0.39 is 0 Å². The molecule has 1 aliphatic carbocycles. The molecule has 0 saturated carbocycles. The predicted molar refractivity (Wildman–Crippen MR) is 45.7 cm³/mol. The van der Waals surface area contributed by atoms with Gasteiger partial charge in [0.1, 0.15) is 0 Å². The molecule has 0 aliphatic heterocycles. The first kappa shape index (κ1) is 7.84. The van der Waals surface area contributed by atoms with Gasteiger partial charge in [0.15, 0.2) is 0 Å². The van der Waals surface area contributed by atoms with Gasteiger partial charge in [0.2, 0.25) is 0 Å². The van der Waals surface area contributed by atoms with Crippen LogP contribution in [0.5, 0.6) is 0 Å². The van der Waals surface area contributed by atoms with Crippen molar-refractivity contribution in [1.82, 2.24) is 0 Å². The lowest BCUT2D eigenvalue weighted by molar-refractivity contribution is 0.323. The van der Waals surface area contributed by atoms with Crippen molar-refractivity contribution < 1.29 is 0 Å². The molecule has 0 fully saturated rings. The molecule has 1 rings (SSSR count). The number of rotatable bonds is 1. The van der Waals surface area contributed by atoms with E-state index in [0.29, 0.717) is 5.41 Å². The molecule has 1 radical (unpaired) electrons. The van der Waals surface area contributed by atoms with Crippen molar-refractivity contribution in [1.29, 1.82) is 0 Å². The molecular formula is C10H17. The molecule has 0 bridgehead atoms. The summed E-state index contributed by atoms with van der Waals surface area (Å²) >= 11 is 0. The zero-order valence-electron chi connectivity index (χ0n) is 7.11. The number of hydrogen-bond donors (Lipinski definition) is 0. The lowest BCUT2D eigenvalue weighted by atomic mass is 9.78. The molecule has 0 amide bonds. The average Bonchev–Trinajstić information content (AvgIpc) is 1.88. The van der Waals surface area contributed by atoms with E-state index in [1.165, 1.54) is 19.3 Å². The second-order valence-corrected chi connectivity index (χ2v) is 3.98. The summed E-state index contributed by atoms with van der Waals surface area (Å²) in [6, 6.07) is 0. The van der Waals surface area contributed by atoms with Crippen molar-refractivity contribution in [2.45, 2.75) is 39.5 Å². The molecule has 0 unspecified atom stereocenters. The second-order valence-electron chi connectivity index (χ2n) is 3.98. The van der Waals surface area contributed by atoms with Crippen LogP contribution in [0.25, 0.3) is 0 Å². The molecule has 0 heterocycles. The first-order valence-electron chi connectivity index (χ1n) is 4.11. The standard InChI is InChI=1S/C10H17/c1-4-9-5-7-10(2,3)8-6-9/h5H,1,4,6-8H2,2-3H3. The fourth-order valence-corrected chi connectivity index (χ4v) is 1.35. The van der Waals surface area contributed by atoms with Crippen LogP contribution in [0.3, 0.4) is 0 Å². The third kappa shape index (κ3) is 1.86. The maximum atomic E-state index is 3.89. The van der Waals surface area contributed by atoms with Crippen LogP contribution in [0.1, 0.15) is 39.5 Å². The summed E-state index contributed by atoms with van der Waals surface area (Å²) in [5.41, 5.74) is 2.11. The Kier molecular flexibility index (Phi) is 2.18. The monoisotopic (exact) mass is 137 g/mol. The Bertz CT molecular complexity index is 140. The highest BCUT2D eigenvalue weighted by Gasteiger charge is 2.20. The van der Waals surface area contributed by atoms with Gasteiger partial charge in [0, 0.05) is 0 Å². The molecule has 0 nitrogen and oxygen atoms in total. The molecule has 0 heteroatoms. The topological polar surface area (TPSA) is 0 Å². The van der Waals surface area contributed by atoms with Crippen LogP contribution < -0.4 is 0 Å². The molecule has 0 aromatic heterocycles. The van der Waals surface area contributed by atoms with E-state index in [1.54, 1.807) is 5.57 Å². The number of hydrogen-bond acceptors (Lipinski definition) is 0. The molecule has 0 aromatic carbocycles. The summed E-state index contributed by atoms with van der Waals surface area (Å²) in [6.45, 7) is 8.56. The van der Waals surface area contributed by atoms with Crippen molar-refractivity contribution in [2.75, 3.05) is 0 Å². The molecule has 0 atom stereocenters. The third-order valence-corrected chi connectivity index (χ3v) is 2.39. The molecule has 0 spiro atoms. The van der Waals surface area contributed by atoms with Gasteiger partial charge in [0.25, 0.3) is 0 Å². The van der Waals surface area contributed by atoms with Crippen molar-refractivity contribution >= 4 is 0 Å². The van der Waals surface area contributed by atoms with E-state index >= 15 is 0 Å². The van der Waals surface area contributed by atoms with E-state index in [9.17, 15) is 0 Å². The van der Waals surface area contributed by atoms with Crippen LogP contribution >= 0.6 is 0 Å². The zero-order chi connectivity index (χ0) is 7.61. The minimum atomic E-state index is 0.554. The Balaban J connectivity index is 2.52. The molecule has 0 aromatic rings. The third-order valence-electron chi connectivity index (χ3n) is 2.39. The van der Waals surface area contributed by atoms with Crippen LogP contribution in [0, 0.1) is 12.3 Å². The lowest BCUT2D eigenvalue weighted by Gasteiger charge is -2.28. The minimum absolute atomic E-state index is 0.554. The molecule has 0 N–H and O–H groups in total. The van der Waals surface area contributed by atoms with Crippen molar-refractivity contribution in [2.24, 2.45) is 5.41 Å². The average molecular weight is 137 g/mol. The fraction of sp³-hybridized carbons (Fsp3) is 0.700. The summed E-state index contributed by atoms with van der Waals surface area (Å²) in [6.07, 6.45) is 7.25. The second kappa shape index (κ2) is 2.77. The summed E-state index contributed by atoms with van der Waals surface area (Å²) in [5, 5.41) is 0. The summed E-state index contributed by atoms with van der Waals surface area (Å²) in [4.78, 5) is 0. The molecular weight excluding hydrogens is 120 g/mol. The van der Waals surface area contributed by atoms with Gasteiger partial charge in [-0.1, -0.05) is 25.5 Å². The quantitative estimate of drug-likeness (QED) is 0.486. The van der Waals surface area contributed by atoms with Crippen LogP contribution in [0.15, 0.2) is 11.6 Å². The Hall–Kier alpha value is -0.260. The highest BCUT2D eigenvalue weighted by Crippen LogP contribution is 2.34. The van der Waals surface area contributed by atoms with Crippen LogP contribution in [0.4, 0.5) is 0 Å². The molecule has 0 saturated heterocycles. The first-order chi connectivity index (χ1) is 4.64. The van der Waals surface area contributed by atoms with Crippen LogP contribution in [-0.4, -0.2) is 0 Å². The molecule has 57 valence electrons. The highest BCUT2D eigenvalue weighted by atomic mass is 14.3. The first-order valence-corrected chi connectivity index (χ1v) is 4.11. The predicted octanol–water partition coefficient (Wildman–Crippen LogP) is 3.35. The van der Waals surface area contributed by atoms with E-state index in [0.717, 1.165) is 6.42 Å². The summed E-state index contributed by atoms with van der Waals surface area (Å²) < 4.78 is 0. The molecule has 1 aliphatic rings. The SMILES string of the molecule is [CH2]CC1=CCC(C)(C)CC1. The van der Waals surface area contributed by atoms with Gasteiger partial charge >= 0.3 is 0 Å². The highest BCUT2D eigenvalue weighted by molar-refractivity contribution is 5.08. The van der Waals surface area contributed by atoms with Crippen molar-refractivity contribution in [3.8, 4) is 0 Å². The smallest absolute Gasteiger partial charge is 0.0296 e. The van der Waals surface area contributed by atoms with Crippen LogP contribution in [-0.2, 0) is 0 Å². The maximum Gasteiger partial charge on any atom is -0.0296 e. The summed E-state index contributed by atoms with van der Waals surface area (Å²) in [5.74, 6) is 0. The Morgan fingerprint density at radius 3 is 2.70 bits per heavy atom. The Morgan fingerprint density at radius 1 is 1.60 bits per heavy atom. The van der Waals surface area contributed by atoms with E-state index in [-0.39, 0.29) is 0 Å². The summed E-state index contributed by atoms with van der Waals surface area (Å²) in [7, 11) is 0. The van der Waals surface area contributed by atoms with Crippen LogP contribution in [0.2, 0.25) is 0 Å². The van der Waals surface area contributed by atoms with Gasteiger partial charge in [-0.05, 0) is 38.0 Å². The zero-order valence-corrected chi connectivity index (χ0v) is 7.11. The minimum Gasteiger partial charge on any atom is -0.0848 e. The van der Waals surface area contributed by atoms with E-state index in [1.807, 2.05) is 0 Å². The van der Waals surface area contributed by atoms with Gasteiger partial charge in [-0.2, -0.15) is 0 Å². The van der Waals surface area contributed by atoms with Gasteiger partial charge in [-0.15, -0.1) is 0 Å². The Morgan fingerprint density at radius 2 is 2.30 bits per heavy atom. The Labute approximate surface area is 64.3 Å². The fourth-order valence-electron chi connectivity index (χ4n) is 1.35. The van der Waals surface area contributed by atoms with Gasteiger partial charge in [-0.3, -0.25) is 0 Å². The molecule has 10 heavy (non-hydrogen) atoms. The largest absolute Gasteiger partial charge is 0.0848 e. The van der Waals surface area contributed by atoms with E-state index in [4.69, 9.17) is 0 Å². The van der Waals surface area contributed by atoms with Crippen molar-refractivity contribution in [3.63, 3.8) is 0 Å². The van der Waals surface area contributed by atoms with Gasteiger partial charge in [0.05, 0.1) is 0 Å². The number of allylic oxidation sites excluding steroid dienone is 2. The van der Waals surface area contributed by atoms with E-state index in [2.05, 4.69) is 26.8 Å². The lowest BCUT2D eigenvalue weighted by Crippen LogP contribution is -2.14. The van der Waals surface area contributed by atoms with Gasteiger partial charge in [-0.25, -0.2) is 0 Å². The normalized spacial score (nSPS) is 24.1.